The molecule has 0 bridgehead atoms. The fraction of sp³-hybridized carbons (Fsp3) is 0.333. The van der Waals surface area contributed by atoms with Crippen molar-refractivity contribution in [2.75, 3.05) is 19.0 Å². The first-order valence-corrected chi connectivity index (χ1v) is 6.48. The number of carbonyl (C=O) groups excluding carboxylic acids is 1. The van der Waals surface area contributed by atoms with Crippen LogP contribution in [0.25, 0.3) is 0 Å². The molecule has 2 rings (SSSR count). The van der Waals surface area contributed by atoms with Crippen LogP contribution < -0.4 is 4.90 Å². The Labute approximate surface area is 118 Å². The van der Waals surface area contributed by atoms with E-state index in [9.17, 15) is 4.79 Å². The number of benzene rings is 1. The fourth-order valence-electron chi connectivity index (χ4n) is 1.79. The number of aromatic nitrogens is 2. The van der Waals surface area contributed by atoms with Crippen LogP contribution in [0.4, 0.5) is 5.95 Å². The third-order valence-corrected chi connectivity index (χ3v) is 2.95. The molecule has 20 heavy (non-hydrogen) atoms. The van der Waals surface area contributed by atoms with Crippen LogP contribution in [-0.4, -0.2) is 30.0 Å². The standard InChI is InChI=1S/C15H19N3O2/c1-11-13(17-15(16-11)18(2)3)9-14(19)20-10-12-7-5-4-6-8-12/h4-8H,9-10H2,1-3H3,(H,16,17). The number of ether oxygens (including phenoxy) is 1. The highest BCUT2D eigenvalue weighted by Gasteiger charge is 2.13. The van der Waals surface area contributed by atoms with Crippen LogP contribution in [0.3, 0.4) is 0 Å². The quantitative estimate of drug-likeness (QED) is 0.847. The van der Waals surface area contributed by atoms with Gasteiger partial charge in [-0.2, -0.15) is 0 Å². The normalized spacial score (nSPS) is 10.3. The van der Waals surface area contributed by atoms with E-state index < -0.39 is 0 Å². The van der Waals surface area contributed by atoms with Crippen molar-refractivity contribution in [2.24, 2.45) is 0 Å². The number of nitrogens with zero attached hydrogens (tertiary/aromatic N) is 2. The van der Waals surface area contributed by atoms with Crippen LogP contribution in [0.2, 0.25) is 0 Å². The molecule has 0 fully saturated rings. The molecule has 0 saturated heterocycles. The summed E-state index contributed by atoms with van der Waals surface area (Å²) in [6.07, 6.45) is 0.184. The van der Waals surface area contributed by atoms with Gasteiger partial charge >= 0.3 is 5.97 Å². The van der Waals surface area contributed by atoms with E-state index in [1.807, 2.05) is 56.3 Å². The highest BCUT2D eigenvalue weighted by Crippen LogP contribution is 2.12. The third-order valence-electron chi connectivity index (χ3n) is 2.95. The van der Waals surface area contributed by atoms with Crippen LogP contribution >= 0.6 is 0 Å². The van der Waals surface area contributed by atoms with Gasteiger partial charge in [0, 0.05) is 19.8 Å². The van der Waals surface area contributed by atoms with Crippen molar-refractivity contribution in [1.29, 1.82) is 0 Å². The molecule has 106 valence electrons. The summed E-state index contributed by atoms with van der Waals surface area (Å²) in [5.74, 6) is 0.474. The minimum atomic E-state index is -0.270. The van der Waals surface area contributed by atoms with Crippen LogP contribution in [0, 0.1) is 6.92 Å². The largest absolute Gasteiger partial charge is 0.461 e. The number of aryl methyl sites for hydroxylation is 1. The van der Waals surface area contributed by atoms with E-state index in [4.69, 9.17) is 4.74 Å². The first kappa shape index (κ1) is 14.1. The predicted molar refractivity (Wildman–Crippen MR) is 77.6 cm³/mol. The second-order valence-electron chi connectivity index (χ2n) is 4.85. The van der Waals surface area contributed by atoms with Crippen LogP contribution in [0.5, 0.6) is 0 Å². The van der Waals surface area contributed by atoms with Gasteiger partial charge < -0.3 is 14.6 Å². The molecule has 0 aliphatic heterocycles. The van der Waals surface area contributed by atoms with Crippen molar-refractivity contribution in [3.63, 3.8) is 0 Å². The van der Waals surface area contributed by atoms with Gasteiger partial charge in [0.05, 0.1) is 12.1 Å². The molecule has 1 aromatic heterocycles. The number of hydrogen-bond acceptors (Lipinski definition) is 4. The molecule has 2 aromatic rings. The zero-order chi connectivity index (χ0) is 14.5. The summed E-state index contributed by atoms with van der Waals surface area (Å²) in [5.41, 5.74) is 2.60. The Morgan fingerprint density at radius 2 is 2.00 bits per heavy atom. The van der Waals surface area contributed by atoms with E-state index in [0.29, 0.717) is 6.61 Å². The number of aromatic amines is 1. The first-order valence-electron chi connectivity index (χ1n) is 6.48. The van der Waals surface area contributed by atoms with Crippen molar-refractivity contribution in [3.05, 3.63) is 47.3 Å². The molecule has 0 aliphatic rings. The van der Waals surface area contributed by atoms with E-state index in [1.54, 1.807) is 0 Å². The van der Waals surface area contributed by atoms with Crippen molar-refractivity contribution < 1.29 is 9.53 Å². The molecule has 0 atom stereocenters. The lowest BCUT2D eigenvalue weighted by atomic mass is 10.2. The monoisotopic (exact) mass is 273 g/mol. The SMILES string of the molecule is Cc1[nH]c(N(C)C)nc1CC(=O)OCc1ccccc1. The van der Waals surface area contributed by atoms with Gasteiger partial charge in [0.1, 0.15) is 6.61 Å². The summed E-state index contributed by atoms with van der Waals surface area (Å²) in [4.78, 5) is 21.2. The average Bonchev–Trinajstić information content (AvgIpc) is 2.79. The molecule has 5 heteroatoms. The third kappa shape index (κ3) is 3.60. The summed E-state index contributed by atoms with van der Waals surface area (Å²) < 4.78 is 5.25. The molecular weight excluding hydrogens is 254 g/mol. The van der Waals surface area contributed by atoms with Crippen molar-refractivity contribution >= 4 is 11.9 Å². The molecule has 0 radical (unpaired) electrons. The Kier molecular flexibility index (Phi) is 4.40. The molecule has 1 N–H and O–H groups in total. The van der Waals surface area contributed by atoms with Crippen molar-refractivity contribution in [2.45, 2.75) is 20.0 Å². The zero-order valence-electron chi connectivity index (χ0n) is 12.0. The lowest BCUT2D eigenvalue weighted by Crippen LogP contribution is -2.11. The number of rotatable bonds is 5. The first-order chi connectivity index (χ1) is 9.56. The highest BCUT2D eigenvalue weighted by atomic mass is 16.5. The van der Waals surface area contributed by atoms with Crippen LogP contribution in [0.15, 0.2) is 30.3 Å². The minimum absolute atomic E-state index is 0.184. The summed E-state index contributed by atoms with van der Waals surface area (Å²) in [6, 6.07) is 9.63. The van der Waals surface area contributed by atoms with Gasteiger partial charge in [-0.25, -0.2) is 4.98 Å². The van der Waals surface area contributed by atoms with Gasteiger partial charge in [-0.15, -0.1) is 0 Å². The van der Waals surface area contributed by atoms with Gasteiger partial charge in [-0.1, -0.05) is 30.3 Å². The Morgan fingerprint density at radius 1 is 1.30 bits per heavy atom. The highest BCUT2D eigenvalue weighted by molar-refractivity contribution is 5.72. The van der Waals surface area contributed by atoms with Crippen LogP contribution in [0.1, 0.15) is 17.0 Å². The number of carbonyl (C=O) groups is 1. The molecule has 1 aromatic carbocycles. The minimum Gasteiger partial charge on any atom is -0.461 e. The number of anilines is 1. The van der Waals surface area contributed by atoms with Gasteiger partial charge in [0.25, 0.3) is 0 Å². The second kappa shape index (κ2) is 6.23. The molecule has 0 spiro atoms. The van der Waals surface area contributed by atoms with Crippen LogP contribution in [-0.2, 0) is 22.6 Å². The molecule has 0 amide bonds. The number of imidazole rings is 1. The van der Waals surface area contributed by atoms with E-state index >= 15 is 0 Å². The average molecular weight is 273 g/mol. The van der Waals surface area contributed by atoms with Gasteiger partial charge in [0.2, 0.25) is 5.95 Å². The second-order valence-corrected chi connectivity index (χ2v) is 4.85. The maximum atomic E-state index is 11.8. The smallest absolute Gasteiger partial charge is 0.312 e. The summed E-state index contributed by atoms with van der Waals surface area (Å²) in [5, 5.41) is 0. The zero-order valence-corrected chi connectivity index (χ0v) is 12.0. The maximum Gasteiger partial charge on any atom is 0.312 e. The fourth-order valence-corrected chi connectivity index (χ4v) is 1.79. The summed E-state index contributed by atoms with van der Waals surface area (Å²) >= 11 is 0. The van der Waals surface area contributed by atoms with E-state index in [0.717, 1.165) is 22.9 Å². The Hall–Kier alpha value is -2.30. The number of esters is 1. The van der Waals surface area contributed by atoms with E-state index in [1.165, 1.54) is 0 Å². The van der Waals surface area contributed by atoms with Crippen molar-refractivity contribution in [3.8, 4) is 0 Å². The van der Waals surface area contributed by atoms with Gasteiger partial charge in [-0.3, -0.25) is 4.79 Å². The van der Waals surface area contributed by atoms with Gasteiger partial charge in [-0.05, 0) is 12.5 Å². The lowest BCUT2D eigenvalue weighted by Gasteiger charge is -2.06. The number of nitrogens with one attached hydrogen (secondary N) is 1. The molecular formula is C15H19N3O2. The Bertz CT molecular complexity index is 576. The molecule has 0 saturated carbocycles. The Balaban J connectivity index is 1.91. The number of H-pyrrole nitrogens is 1. The molecule has 0 aliphatic carbocycles. The number of hydrogen-bond donors (Lipinski definition) is 1. The summed E-state index contributed by atoms with van der Waals surface area (Å²) in [7, 11) is 3.80. The van der Waals surface area contributed by atoms with Crippen molar-refractivity contribution in [1.82, 2.24) is 9.97 Å². The lowest BCUT2D eigenvalue weighted by molar-refractivity contribution is -0.144. The molecule has 5 nitrogen and oxygen atoms in total. The topological polar surface area (TPSA) is 58.2 Å². The van der Waals surface area contributed by atoms with E-state index in [-0.39, 0.29) is 12.4 Å². The predicted octanol–water partition coefficient (Wildman–Crippen LogP) is 2.07. The van der Waals surface area contributed by atoms with Gasteiger partial charge in [0.15, 0.2) is 0 Å². The molecule has 1 heterocycles. The molecule has 0 unspecified atom stereocenters. The van der Waals surface area contributed by atoms with E-state index in [2.05, 4.69) is 9.97 Å². The Morgan fingerprint density at radius 3 is 2.60 bits per heavy atom. The summed E-state index contributed by atoms with van der Waals surface area (Å²) in [6.45, 7) is 2.20. The maximum absolute atomic E-state index is 11.8.